The molecule has 2 aliphatic carbocycles. The minimum Gasteiger partial charge on any atom is -0.489 e. The van der Waals surface area contributed by atoms with Crippen LogP contribution in [0, 0.1) is 11.8 Å². The van der Waals surface area contributed by atoms with Crippen LogP contribution in [0.25, 0.3) is 0 Å². The van der Waals surface area contributed by atoms with Crippen molar-refractivity contribution in [2.75, 3.05) is 12.1 Å². The largest absolute Gasteiger partial charge is 0.489 e. The highest BCUT2D eigenvalue weighted by Crippen LogP contribution is 2.41. The van der Waals surface area contributed by atoms with Gasteiger partial charge in [-0.05, 0) is 80.9 Å². The van der Waals surface area contributed by atoms with Crippen molar-refractivity contribution in [3.05, 3.63) is 40.3 Å². The van der Waals surface area contributed by atoms with Crippen molar-refractivity contribution in [3.8, 4) is 5.75 Å². The summed E-state index contributed by atoms with van der Waals surface area (Å²) in [5.74, 6) is 0.384. The van der Waals surface area contributed by atoms with E-state index in [9.17, 15) is 14.7 Å². The number of thiophene rings is 1. The Morgan fingerprint density at radius 2 is 1.76 bits per heavy atom. The first-order chi connectivity index (χ1) is 17.5. The number of carbonyl (C=O) groups excluding carboxylic acids is 1. The number of hydrogen-bond acceptors (Lipinski definition) is 6. The summed E-state index contributed by atoms with van der Waals surface area (Å²) in [4.78, 5) is 31.8. The molecule has 4 rings (SSSR count). The van der Waals surface area contributed by atoms with Crippen molar-refractivity contribution in [1.82, 2.24) is 9.99 Å². The van der Waals surface area contributed by atoms with Crippen LogP contribution >= 0.6 is 11.3 Å². The molecule has 0 aliphatic heterocycles. The van der Waals surface area contributed by atoms with Crippen LogP contribution in [0.4, 0.5) is 5.69 Å². The SMILES string of the molecule is CC1CCC(C(=O)N(c2cc(C(C)(C)C)sc2C(=O)O)N(C)C2CCC(Oc3cccnc3)CC2)CC1. The molecule has 2 aromatic rings. The smallest absolute Gasteiger partial charge is 0.348 e. The number of carbonyl (C=O) groups is 2. The topological polar surface area (TPSA) is 83.0 Å². The molecule has 2 heterocycles. The van der Waals surface area contributed by atoms with Gasteiger partial charge in [0.05, 0.1) is 18.0 Å². The number of aromatic nitrogens is 1. The fraction of sp³-hybridized carbons (Fsp3) is 0.621. The van der Waals surface area contributed by atoms with Crippen LogP contribution in [0.2, 0.25) is 0 Å². The van der Waals surface area contributed by atoms with Crippen molar-refractivity contribution in [1.29, 1.82) is 0 Å². The maximum absolute atomic E-state index is 14.1. The number of carboxylic acid groups (broad SMARTS) is 1. The number of nitrogens with zero attached hydrogens (tertiary/aromatic N) is 3. The van der Waals surface area contributed by atoms with Gasteiger partial charge in [0.1, 0.15) is 10.6 Å². The summed E-state index contributed by atoms with van der Waals surface area (Å²) in [6.45, 7) is 8.48. The number of pyridine rings is 1. The predicted molar refractivity (Wildman–Crippen MR) is 147 cm³/mol. The van der Waals surface area contributed by atoms with Gasteiger partial charge < -0.3 is 9.84 Å². The molecule has 0 bridgehead atoms. The Balaban J connectivity index is 1.58. The monoisotopic (exact) mass is 527 g/mol. The fourth-order valence-corrected chi connectivity index (χ4v) is 6.53. The maximum atomic E-state index is 14.1. The van der Waals surface area contributed by atoms with E-state index in [1.54, 1.807) is 17.4 Å². The number of rotatable bonds is 7. The van der Waals surface area contributed by atoms with E-state index in [0.29, 0.717) is 11.6 Å². The van der Waals surface area contributed by atoms with Crippen molar-refractivity contribution in [2.45, 2.75) is 96.6 Å². The Labute approximate surface area is 224 Å². The molecule has 0 saturated heterocycles. The molecule has 2 saturated carbocycles. The number of carboxylic acids is 1. The Hall–Kier alpha value is -2.45. The van der Waals surface area contributed by atoms with E-state index < -0.39 is 5.97 Å². The third-order valence-electron chi connectivity index (χ3n) is 7.87. The molecule has 0 unspecified atom stereocenters. The highest BCUT2D eigenvalue weighted by atomic mass is 32.1. The Bertz CT molecular complexity index is 1060. The summed E-state index contributed by atoms with van der Waals surface area (Å²) in [5, 5.41) is 13.9. The summed E-state index contributed by atoms with van der Waals surface area (Å²) in [5.41, 5.74) is 0.310. The quantitative estimate of drug-likeness (QED) is 0.412. The molecule has 2 aromatic heterocycles. The third-order valence-corrected chi connectivity index (χ3v) is 9.41. The lowest BCUT2D eigenvalue weighted by molar-refractivity contribution is -0.127. The Morgan fingerprint density at radius 3 is 2.32 bits per heavy atom. The number of amides is 1. The first kappa shape index (κ1) is 27.6. The molecular weight excluding hydrogens is 486 g/mol. The molecule has 0 spiro atoms. The van der Waals surface area contributed by atoms with Gasteiger partial charge in [0.2, 0.25) is 5.91 Å². The van der Waals surface area contributed by atoms with Crippen LogP contribution in [0.5, 0.6) is 5.75 Å². The normalized spacial score (nSPS) is 24.6. The van der Waals surface area contributed by atoms with Gasteiger partial charge >= 0.3 is 5.97 Å². The zero-order valence-corrected chi connectivity index (χ0v) is 23.6. The minimum atomic E-state index is -0.979. The van der Waals surface area contributed by atoms with E-state index >= 15 is 0 Å². The van der Waals surface area contributed by atoms with Gasteiger partial charge in [0, 0.05) is 30.1 Å². The average molecular weight is 528 g/mol. The molecule has 0 aromatic carbocycles. The van der Waals surface area contributed by atoms with Crippen molar-refractivity contribution >= 4 is 28.9 Å². The van der Waals surface area contributed by atoms with Gasteiger partial charge in [-0.1, -0.05) is 27.7 Å². The number of ether oxygens (including phenoxy) is 1. The predicted octanol–water partition coefficient (Wildman–Crippen LogP) is 6.54. The van der Waals surface area contributed by atoms with Crippen molar-refractivity contribution in [2.24, 2.45) is 11.8 Å². The molecule has 37 heavy (non-hydrogen) atoms. The maximum Gasteiger partial charge on any atom is 0.348 e. The number of aromatic carboxylic acids is 1. The van der Waals surface area contributed by atoms with Crippen LogP contribution in [0.15, 0.2) is 30.6 Å². The van der Waals surface area contributed by atoms with Gasteiger partial charge in [-0.15, -0.1) is 11.3 Å². The molecule has 2 fully saturated rings. The zero-order valence-electron chi connectivity index (χ0n) is 22.8. The Morgan fingerprint density at radius 1 is 1.08 bits per heavy atom. The minimum absolute atomic E-state index is 0.0314. The molecule has 7 nitrogen and oxygen atoms in total. The molecule has 8 heteroatoms. The van der Waals surface area contributed by atoms with Gasteiger partial charge in [-0.25, -0.2) is 14.8 Å². The van der Waals surface area contributed by atoms with Gasteiger partial charge in [-0.2, -0.15) is 0 Å². The summed E-state index contributed by atoms with van der Waals surface area (Å²) in [6, 6.07) is 5.86. The van der Waals surface area contributed by atoms with Crippen LogP contribution in [0.3, 0.4) is 0 Å². The summed E-state index contributed by atoms with van der Waals surface area (Å²) < 4.78 is 6.13. The van der Waals surface area contributed by atoms with Crippen LogP contribution in [-0.2, 0) is 10.2 Å². The lowest BCUT2D eigenvalue weighted by atomic mass is 9.82. The van der Waals surface area contributed by atoms with E-state index in [4.69, 9.17) is 4.74 Å². The molecule has 0 atom stereocenters. The fourth-order valence-electron chi connectivity index (χ4n) is 5.49. The first-order valence-corrected chi connectivity index (χ1v) is 14.4. The van der Waals surface area contributed by atoms with Gasteiger partial charge in [0.25, 0.3) is 0 Å². The highest BCUT2D eigenvalue weighted by molar-refractivity contribution is 7.14. The third kappa shape index (κ3) is 6.52. The standard InChI is InChI=1S/C29H41N3O4S/c1-19-8-10-20(11-9-19)27(33)32(24-17-25(29(2,3)4)37-26(24)28(34)35)31(5)21-12-14-22(15-13-21)36-23-7-6-16-30-18-23/h6-7,16-22H,8-15H2,1-5H3,(H,34,35). The molecule has 1 amide bonds. The second-order valence-electron chi connectivity index (χ2n) is 11.8. The highest BCUT2D eigenvalue weighted by Gasteiger charge is 2.38. The zero-order chi connectivity index (χ0) is 26.7. The van der Waals surface area contributed by atoms with E-state index in [-0.39, 0.29) is 34.3 Å². The van der Waals surface area contributed by atoms with E-state index in [2.05, 4.69) is 32.7 Å². The van der Waals surface area contributed by atoms with Crippen LogP contribution in [-0.4, -0.2) is 46.2 Å². The van der Waals surface area contributed by atoms with Crippen molar-refractivity contribution in [3.63, 3.8) is 0 Å². The van der Waals surface area contributed by atoms with Gasteiger partial charge in [0.15, 0.2) is 0 Å². The first-order valence-electron chi connectivity index (χ1n) is 13.6. The van der Waals surface area contributed by atoms with Crippen LogP contribution < -0.4 is 9.75 Å². The number of anilines is 1. The summed E-state index contributed by atoms with van der Waals surface area (Å²) in [6.07, 6.45) is 10.8. The lowest BCUT2D eigenvalue weighted by Gasteiger charge is -2.42. The summed E-state index contributed by atoms with van der Waals surface area (Å²) in [7, 11) is 1.95. The summed E-state index contributed by atoms with van der Waals surface area (Å²) >= 11 is 1.29. The van der Waals surface area contributed by atoms with E-state index in [0.717, 1.165) is 62.0 Å². The number of hydrazine groups is 1. The average Bonchev–Trinajstić information content (AvgIpc) is 3.32. The van der Waals surface area contributed by atoms with E-state index in [1.807, 2.05) is 30.3 Å². The van der Waals surface area contributed by atoms with Crippen molar-refractivity contribution < 1.29 is 19.4 Å². The molecule has 2 aliphatic rings. The molecule has 202 valence electrons. The lowest BCUT2D eigenvalue weighted by Crippen LogP contribution is -2.53. The molecule has 0 radical (unpaired) electrons. The second kappa shape index (κ2) is 11.5. The van der Waals surface area contributed by atoms with Gasteiger partial charge in [-0.3, -0.25) is 9.78 Å². The second-order valence-corrected chi connectivity index (χ2v) is 12.8. The molecular formula is C29H41N3O4S. The Kier molecular flexibility index (Phi) is 8.59. The van der Waals surface area contributed by atoms with E-state index in [1.165, 1.54) is 11.3 Å². The number of hydrogen-bond donors (Lipinski definition) is 1. The van der Waals surface area contributed by atoms with Crippen LogP contribution in [0.1, 0.15) is 93.6 Å². The molecule has 1 N–H and O–H groups in total.